The molecular weight excluding hydrogens is 340 g/mol. The van der Waals surface area contributed by atoms with Gasteiger partial charge in [-0.15, -0.1) is 0 Å². The van der Waals surface area contributed by atoms with Crippen LogP contribution < -0.4 is 19.8 Å². The van der Waals surface area contributed by atoms with Gasteiger partial charge in [0.25, 0.3) is 5.75 Å². The topological polar surface area (TPSA) is 92.0 Å². The minimum atomic E-state index is -0.837. The number of benzene rings is 1. The van der Waals surface area contributed by atoms with Crippen molar-refractivity contribution in [1.82, 2.24) is 0 Å². The number of ether oxygens (including phenoxy) is 3. The summed E-state index contributed by atoms with van der Waals surface area (Å²) in [7, 11) is 0. The lowest BCUT2D eigenvalue weighted by molar-refractivity contribution is -0.133. The van der Waals surface area contributed by atoms with Crippen molar-refractivity contribution in [2.45, 2.75) is 46.5 Å². The smallest absolute Gasteiger partial charge is 0.383 e. The summed E-state index contributed by atoms with van der Waals surface area (Å²) in [5, 5.41) is 0.451. The third-order valence-electron chi connectivity index (χ3n) is 3.54. The van der Waals surface area contributed by atoms with E-state index in [1.54, 1.807) is 12.1 Å². The molecule has 0 aliphatic rings. The molecule has 26 heavy (non-hydrogen) atoms. The molecule has 0 radical (unpaired) electrons. The zero-order chi connectivity index (χ0) is 19.1. The van der Waals surface area contributed by atoms with Crippen LogP contribution in [-0.4, -0.2) is 18.5 Å². The third-order valence-corrected chi connectivity index (χ3v) is 3.54. The van der Waals surface area contributed by atoms with Crippen LogP contribution in [0.15, 0.2) is 27.4 Å². The standard InChI is InChI=1S/C19H22O7/c1-4-5-6-7-10-23-17-15-9-8-14(24-12(2)20)11-16(15)26-19(22)18(17)25-13(3)21/h8-9,11H,4-7,10H2,1-3H3. The number of unbranched alkanes of at least 4 members (excludes halogenated alkanes) is 3. The lowest BCUT2D eigenvalue weighted by Crippen LogP contribution is -2.14. The minimum absolute atomic E-state index is 0.150. The molecule has 0 atom stereocenters. The molecule has 0 unspecified atom stereocenters. The van der Waals surface area contributed by atoms with E-state index in [1.807, 2.05) is 0 Å². The second-order valence-electron chi connectivity index (χ2n) is 5.80. The second kappa shape index (κ2) is 9.03. The van der Waals surface area contributed by atoms with E-state index in [-0.39, 0.29) is 22.8 Å². The Bertz CT molecular complexity index is 851. The molecule has 0 amide bonds. The third kappa shape index (κ3) is 5.08. The molecule has 0 saturated carbocycles. The van der Waals surface area contributed by atoms with E-state index in [4.69, 9.17) is 18.6 Å². The molecule has 0 saturated heterocycles. The highest BCUT2D eigenvalue weighted by atomic mass is 16.6. The van der Waals surface area contributed by atoms with Crippen LogP contribution >= 0.6 is 0 Å². The first kappa shape index (κ1) is 19.5. The summed E-state index contributed by atoms with van der Waals surface area (Å²) in [6.07, 6.45) is 3.98. The zero-order valence-electron chi connectivity index (χ0n) is 15.1. The average Bonchev–Trinajstić information content (AvgIpc) is 2.56. The van der Waals surface area contributed by atoms with Crippen molar-refractivity contribution in [1.29, 1.82) is 0 Å². The highest BCUT2D eigenvalue weighted by Gasteiger charge is 2.20. The Morgan fingerprint density at radius 2 is 1.73 bits per heavy atom. The summed E-state index contributed by atoms with van der Waals surface area (Å²) in [6, 6.07) is 4.55. The van der Waals surface area contributed by atoms with E-state index in [0.717, 1.165) is 25.7 Å². The maximum Gasteiger partial charge on any atom is 0.383 e. The molecule has 140 valence electrons. The van der Waals surface area contributed by atoms with E-state index in [2.05, 4.69) is 6.92 Å². The molecule has 7 heteroatoms. The predicted octanol–water partition coefficient (Wildman–Crippen LogP) is 3.60. The van der Waals surface area contributed by atoms with Gasteiger partial charge in [-0.3, -0.25) is 9.59 Å². The van der Waals surface area contributed by atoms with Gasteiger partial charge in [0.1, 0.15) is 11.3 Å². The van der Waals surface area contributed by atoms with Crippen LogP contribution in [0.2, 0.25) is 0 Å². The molecule has 0 fully saturated rings. The van der Waals surface area contributed by atoms with Gasteiger partial charge in [0.2, 0.25) is 0 Å². The molecule has 1 aromatic carbocycles. The van der Waals surface area contributed by atoms with Gasteiger partial charge in [0.05, 0.1) is 12.0 Å². The SMILES string of the molecule is CCCCCCOc1c(OC(C)=O)c(=O)oc2cc(OC(C)=O)ccc12. The molecule has 2 rings (SSSR count). The van der Waals surface area contributed by atoms with Crippen molar-refractivity contribution in [3.05, 3.63) is 28.6 Å². The van der Waals surface area contributed by atoms with Crippen LogP contribution in [0.1, 0.15) is 46.5 Å². The summed E-state index contributed by atoms with van der Waals surface area (Å²) in [4.78, 5) is 34.6. The Hall–Kier alpha value is -2.83. The van der Waals surface area contributed by atoms with Crippen LogP contribution in [-0.2, 0) is 9.59 Å². The van der Waals surface area contributed by atoms with Crippen LogP contribution in [0, 0.1) is 0 Å². The summed E-state index contributed by atoms with van der Waals surface area (Å²) < 4.78 is 20.9. The molecule has 0 aliphatic heterocycles. The summed E-state index contributed by atoms with van der Waals surface area (Å²) >= 11 is 0. The summed E-state index contributed by atoms with van der Waals surface area (Å²) in [6.45, 7) is 4.95. The van der Waals surface area contributed by atoms with Gasteiger partial charge in [-0.1, -0.05) is 26.2 Å². The normalized spacial score (nSPS) is 10.6. The minimum Gasteiger partial charge on any atom is -0.489 e. The monoisotopic (exact) mass is 362 g/mol. The lowest BCUT2D eigenvalue weighted by Gasteiger charge is -2.13. The number of carbonyl (C=O) groups excluding carboxylic acids is 2. The molecule has 1 heterocycles. The van der Waals surface area contributed by atoms with Gasteiger partial charge >= 0.3 is 17.6 Å². The maximum absolute atomic E-state index is 12.2. The second-order valence-corrected chi connectivity index (χ2v) is 5.80. The van der Waals surface area contributed by atoms with Crippen molar-refractivity contribution in [2.24, 2.45) is 0 Å². The quantitative estimate of drug-likeness (QED) is 0.306. The Labute approximate surface area is 150 Å². The summed E-state index contributed by atoms with van der Waals surface area (Å²) in [5.74, 6) is -1.03. The van der Waals surface area contributed by atoms with Crippen molar-refractivity contribution in [3.8, 4) is 17.2 Å². The van der Waals surface area contributed by atoms with E-state index < -0.39 is 17.6 Å². The van der Waals surface area contributed by atoms with Gasteiger partial charge in [-0.05, 0) is 18.6 Å². The molecule has 0 aliphatic carbocycles. The maximum atomic E-state index is 12.2. The molecule has 0 N–H and O–H groups in total. The number of esters is 2. The first-order valence-corrected chi connectivity index (χ1v) is 8.53. The Morgan fingerprint density at radius 3 is 2.38 bits per heavy atom. The van der Waals surface area contributed by atoms with Gasteiger partial charge in [-0.25, -0.2) is 4.79 Å². The van der Waals surface area contributed by atoms with Crippen LogP contribution in [0.25, 0.3) is 11.0 Å². The van der Waals surface area contributed by atoms with Crippen molar-refractivity contribution < 1.29 is 28.2 Å². The van der Waals surface area contributed by atoms with Crippen molar-refractivity contribution >= 4 is 22.9 Å². The van der Waals surface area contributed by atoms with Crippen LogP contribution in [0.4, 0.5) is 0 Å². The fourth-order valence-corrected chi connectivity index (χ4v) is 2.44. The number of fused-ring (bicyclic) bond motifs is 1. The molecule has 7 nitrogen and oxygen atoms in total. The van der Waals surface area contributed by atoms with Crippen LogP contribution in [0.5, 0.6) is 17.2 Å². The van der Waals surface area contributed by atoms with Gasteiger partial charge in [0, 0.05) is 19.9 Å². The molecule has 0 spiro atoms. The Kier molecular flexibility index (Phi) is 6.77. The first-order valence-electron chi connectivity index (χ1n) is 8.53. The number of rotatable bonds is 8. The van der Waals surface area contributed by atoms with E-state index >= 15 is 0 Å². The van der Waals surface area contributed by atoms with Crippen LogP contribution in [0.3, 0.4) is 0 Å². The Balaban J connectivity index is 2.42. The number of carbonyl (C=O) groups is 2. The number of hydrogen-bond acceptors (Lipinski definition) is 7. The fraction of sp³-hybridized carbons (Fsp3) is 0.421. The average molecular weight is 362 g/mol. The van der Waals surface area contributed by atoms with E-state index in [1.165, 1.54) is 19.9 Å². The summed E-state index contributed by atoms with van der Waals surface area (Å²) in [5.41, 5.74) is -0.663. The zero-order valence-corrected chi connectivity index (χ0v) is 15.1. The highest BCUT2D eigenvalue weighted by molar-refractivity contribution is 5.88. The number of hydrogen-bond donors (Lipinski definition) is 0. The largest absolute Gasteiger partial charge is 0.489 e. The molecule has 0 bridgehead atoms. The van der Waals surface area contributed by atoms with Gasteiger partial charge in [0.15, 0.2) is 5.75 Å². The van der Waals surface area contributed by atoms with Crippen molar-refractivity contribution in [3.63, 3.8) is 0 Å². The lowest BCUT2D eigenvalue weighted by atomic mass is 10.2. The van der Waals surface area contributed by atoms with Gasteiger partial charge in [-0.2, -0.15) is 0 Å². The van der Waals surface area contributed by atoms with E-state index in [0.29, 0.717) is 12.0 Å². The van der Waals surface area contributed by atoms with Gasteiger partial charge < -0.3 is 18.6 Å². The van der Waals surface area contributed by atoms with E-state index in [9.17, 15) is 14.4 Å². The predicted molar refractivity (Wildman–Crippen MR) is 94.7 cm³/mol. The Morgan fingerprint density at radius 1 is 1.00 bits per heavy atom. The highest BCUT2D eigenvalue weighted by Crippen LogP contribution is 2.35. The fourth-order valence-electron chi connectivity index (χ4n) is 2.44. The molecule has 2 aromatic rings. The first-order chi connectivity index (χ1) is 12.4. The van der Waals surface area contributed by atoms with Crippen molar-refractivity contribution in [2.75, 3.05) is 6.61 Å². The molecular formula is C19H22O7. The molecule has 1 aromatic heterocycles.